The fourth-order valence-electron chi connectivity index (χ4n) is 3.58. The molecule has 31 heavy (non-hydrogen) atoms. The van der Waals surface area contributed by atoms with Gasteiger partial charge in [-0.15, -0.1) is 11.3 Å². The zero-order valence-corrected chi connectivity index (χ0v) is 18.2. The molecule has 0 unspecified atom stereocenters. The average Bonchev–Trinajstić information content (AvgIpc) is 3.25. The molecule has 2 amide bonds. The molecule has 0 saturated carbocycles. The first-order chi connectivity index (χ1) is 15.0. The summed E-state index contributed by atoms with van der Waals surface area (Å²) in [6, 6.07) is 16.3. The van der Waals surface area contributed by atoms with Crippen molar-refractivity contribution in [3.05, 3.63) is 76.4 Å². The van der Waals surface area contributed by atoms with E-state index in [0.717, 1.165) is 10.4 Å². The molecule has 0 aliphatic carbocycles. The minimum atomic E-state index is -0.390. The first-order valence-electron chi connectivity index (χ1n) is 10.1. The molecule has 160 valence electrons. The van der Waals surface area contributed by atoms with Crippen molar-refractivity contribution in [2.75, 3.05) is 33.3 Å². The molecule has 5 nitrogen and oxygen atoms in total. The molecule has 0 spiro atoms. The van der Waals surface area contributed by atoms with Crippen molar-refractivity contribution < 1.29 is 18.7 Å². The Morgan fingerprint density at radius 3 is 2.19 bits per heavy atom. The summed E-state index contributed by atoms with van der Waals surface area (Å²) >= 11 is 1.41. The second-order valence-electron chi connectivity index (χ2n) is 7.42. The Hall–Kier alpha value is -3.19. The van der Waals surface area contributed by atoms with E-state index in [0.29, 0.717) is 47.9 Å². The number of aryl methyl sites for hydroxylation is 1. The first kappa shape index (κ1) is 21.1. The average molecular weight is 439 g/mol. The maximum atomic E-state index is 13.8. The number of carbonyl (C=O) groups is 2. The van der Waals surface area contributed by atoms with Crippen LogP contribution >= 0.6 is 11.3 Å². The van der Waals surface area contributed by atoms with Gasteiger partial charge >= 0.3 is 0 Å². The van der Waals surface area contributed by atoms with Gasteiger partial charge < -0.3 is 14.5 Å². The quantitative estimate of drug-likeness (QED) is 0.604. The van der Waals surface area contributed by atoms with Crippen molar-refractivity contribution in [2.24, 2.45) is 0 Å². The van der Waals surface area contributed by atoms with Gasteiger partial charge in [0.25, 0.3) is 11.8 Å². The number of ether oxygens (including phenoxy) is 1. The van der Waals surface area contributed by atoms with E-state index >= 15 is 0 Å². The van der Waals surface area contributed by atoms with Crippen molar-refractivity contribution >= 4 is 23.2 Å². The molecule has 1 aliphatic heterocycles. The predicted molar refractivity (Wildman–Crippen MR) is 119 cm³/mol. The van der Waals surface area contributed by atoms with Gasteiger partial charge in [-0.1, -0.05) is 36.4 Å². The molecular weight excluding hydrogens is 415 g/mol. The van der Waals surface area contributed by atoms with Crippen LogP contribution in [0.1, 0.15) is 25.6 Å². The second kappa shape index (κ2) is 8.89. The van der Waals surface area contributed by atoms with E-state index in [1.54, 1.807) is 36.0 Å². The van der Waals surface area contributed by atoms with Crippen LogP contribution in [0.25, 0.3) is 10.4 Å². The van der Waals surface area contributed by atoms with Gasteiger partial charge in [0.05, 0.1) is 7.11 Å². The molecule has 2 heterocycles. The molecule has 0 radical (unpaired) electrons. The monoisotopic (exact) mass is 438 g/mol. The van der Waals surface area contributed by atoms with Gasteiger partial charge in [-0.25, -0.2) is 4.39 Å². The maximum Gasteiger partial charge on any atom is 0.267 e. The summed E-state index contributed by atoms with van der Waals surface area (Å²) in [6.07, 6.45) is 0. The molecule has 1 aliphatic rings. The fraction of sp³-hybridized carbons (Fsp3) is 0.250. The van der Waals surface area contributed by atoms with Crippen molar-refractivity contribution in [3.8, 4) is 16.2 Å². The lowest BCUT2D eigenvalue weighted by Gasteiger charge is -2.34. The lowest BCUT2D eigenvalue weighted by atomic mass is 10.1. The molecule has 0 N–H and O–H groups in total. The number of piperazine rings is 1. The Labute approximate surface area is 184 Å². The highest BCUT2D eigenvalue weighted by Gasteiger charge is 2.28. The zero-order valence-electron chi connectivity index (χ0n) is 17.4. The highest BCUT2D eigenvalue weighted by molar-refractivity contribution is 7.17. The summed E-state index contributed by atoms with van der Waals surface area (Å²) in [5.74, 6) is -0.148. The van der Waals surface area contributed by atoms with Gasteiger partial charge in [0.1, 0.15) is 16.4 Å². The van der Waals surface area contributed by atoms with Crippen molar-refractivity contribution in [1.82, 2.24) is 9.80 Å². The summed E-state index contributed by atoms with van der Waals surface area (Å²) in [4.78, 5) is 30.8. The standard InChI is InChI=1S/C24H23FN2O3S/c1-16-8-9-18(14-19(16)25)23(28)26-10-12-27(13-11-26)24(29)22-20(30-2)15-21(31-22)17-6-4-3-5-7-17/h3-9,14-15H,10-13H2,1-2H3. The van der Waals surface area contributed by atoms with Gasteiger partial charge in [-0.3, -0.25) is 9.59 Å². The van der Waals surface area contributed by atoms with Crippen molar-refractivity contribution in [2.45, 2.75) is 6.92 Å². The normalized spacial score (nSPS) is 13.9. The van der Waals surface area contributed by atoms with Crippen LogP contribution < -0.4 is 4.74 Å². The third-order valence-corrected chi connectivity index (χ3v) is 6.60. The van der Waals surface area contributed by atoms with E-state index in [4.69, 9.17) is 4.74 Å². The van der Waals surface area contributed by atoms with E-state index in [1.165, 1.54) is 17.4 Å². The molecule has 0 atom stereocenters. The molecule has 7 heteroatoms. The van der Waals surface area contributed by atoms with E-state index in [-0.39, 0.29) is 11.8 Å². The van der Waals surface area contributed by atoms with Crippen LogP contribution in [0, 0.1) is 12.7 Å². The maximum absolute atomic E-state index is 13.8. The Balaban J connectivity index is 1.45. The Kier molecular flexibility index (Phi) is 6.04. The largest absolute Gasteiger partial charge is 0.495 e. The van der Waals surface area contributed by atoms with Gasteiger partial charge in [0.2, 0.25) is 0 Å². The number of methoxy groups -OCH3 is 1. The number of benzene rings is 2. The smallest absolute Gasteiger partial charge is 0.267 e. The van der Waals surface area contributed by atoms with Gasteiger partial charge in [0, 0.05) is 36.6 Å². The van der Waals surface area contributed by atoms with Crippen LogP contribution in [0.4, 0.5) is 4.39 Å². The van der Waals surface area contributed by atoms with Gasteiger partial charge in [-0.05, 0) is 36.2 Å². The van der Waals surface area contributed by atoms with Crippen LogP contribution in [0.15, 0.2) is 54.6 Å². The third-order valence-electron chi connectivity index (χ3n) is 5.44. The highest BCUT2D eigenvalue weighted by atomic mass is 32.1. The number of thiophene rings is 1. The van der Waals surface area contributed by atoms with E-state index < -0.39 is 5.82 Å². The van der Waals surface area contributed by atoms with E-state index in [1.807, 2.05) is 36.4 Å². The topological polar surface area (TPSA) is 49.9 Å². The molecular formula is C24H23FN2O3S. The first-order valence-corrected chi connectivity index (χ1v) is 10.9. The van der Waals surface area contributed by atoms with Crippen LogP contribution in [-0.4, -0.2) is 54.9 Å². The summed E-state index contributed by atoms with van der Waals surface area (Å²) < 4.78 is 19.3. The number of hydrogen-bond acceptors (Lipinski definition) is 4. The number of halogens is 1. The number of hydrogen-bond donors (Lipinski definition) is 0. The zero-order chi connectivity index (χ0) is 22.0. The number of carbonyl (C=O) groups excluding carboxylic acids is 2. The molecule has 3 aromatic rings. The van der Waals surface area contributed by atoms with Crippen LogP contribution in [-0.2, 0) is 0 Å². The molecule has 0 bridgehead atoms. The molecule has 4 rings (SSSR count). The van der Waals surface area contributed by atoms with E-state index in [2.05, 4.69) is 0 Å². The summed E-state index contributed by atoms with van der Waals surface area (Å²) in [7, 11) is 1.56. The molecule has 1 aromatic heterocycles. The minimum Gasteiger partial charge on any atom is -0.495 e. The Morgan fingerprint density at radius 1 is 0.935 bits per heavy atom. The molecule has 2 aromatic carbocycles. The number of amides is 2. The number of nitrogens with zero attached hydrogens (tertiary/aromatic N) is 2. The SMILES string of the molecule is COc1cc(-c2ccccc2)sc1C(=O)N1CCN(C(=O)c2ccc(C)c(F)c2)CC1. The highest BCUT2D eigenvalue weighted by Crippen LogP contribution is 2.37. The van der Waals surface area contributed by atoms with Crippen LogP contribution in [0.5, 0.6) is 5.75 Å². The summed E-state index contributed by atoms with van der Waals surface area (Å²) in [6.45, 7) is 3.30. The number of rotatable bonds is 4. The second-order valence-corrected chi connectivity index (χ2v) is 8.47. The predicted octanol–water partition coefficient (Wildman–Crippen LogP) is 4.47. The van der Waals surface area contributed by atoms with Gasteiger partial charge in [0.15, 0.2) is 0 Å². The Bertz CT molecular complexity index is 1110. The lowest BCUT2D eigenvalue weighted by Crippen LogP contribution is -2.50. The van der Waals surface area contributed by atoms with Crippen molar-refractivity contribution in [3.63, 3.8) is 0 Å². The van der Waals surface area contributed by atoms with Gasteiger partial charge in [-0.2, -0.15) is 0 Å². The van der Waals surface area contributed by atoms with Crippen LogP contribution in [0.3, 0.4) is 0 Å². The lowest BCUT2D eigenvalue weighted by molar-refractivity contribution is 0.0536. The molecule has 1 fully saturated rings. The minimum absolute atomic E-state index is 0.0995. The van der Waals surface area contributed by atoms with Crippen LogP contribution in [0.2, 0.25) is 0 Å². The van der Waals surface area contributed by atoms with E-state index in [9.17, 15) is 14.0 Å². The molecule has 1 saturated heterocycles. The summed E-state index contributed by atoms with van der Waals surface area (Å²) in [5, 5.41) is 0. The Morgan fingerprint density at radius 2 is 1.58 bits per heavy atom. The fourth-order valence-corrected chi connectivity index (χ4v) is 4.68. The van der Waals surface area contributed by atoms with Crippen molar-refractivity contribution in [1.29, 1.82) is 0 Å². The third kappa shape index (κ3) is 4.32. The summed E-state index contributed by atoms with van der Waals surface area (Å²) in [5.41, 5.74) is 1.87.